The van der Waals surface area contributed by atoms with Crippen LogP contribution < -0.4 is 68.6 Å². The lowest BCUT2D eigenvalue weighted by Gasteiger charge is -2.25. The van der Waals surface area contributed by atoms with Gasteiger partial charge in [0.2, 0.25) is 24.4 Å². The summed E-state index contributed by atoms with van der Waals surface area (Å²) < 4.78 is 54.3. The summed E-state index contributed by atoms with van der Waals surface area (Å²) in [5.41, 5.74) is 9.55. The zero-order valence-electron chi connectivity index (χ0n) is 75.5. The predicted molar refractivity (Wildman–Crippen MR) is 454 cm³/mol. The molecule has 0 fully saturated rings. The summed E-state index contributed by atoms with van der Waals surface area (Å²) in [5, 5.41) is 57.5. The highest BCUT2D eigenvalue weighted by atomic mass is 35.5. The molecule has 0 aliphatic rings. The normalized spacial score (nSPS) is 12.3. The highest BCUT2D eigenvalue weighted by Crippen LogP contribution is 2.18. The number of aliphatic carboxylic acids is 1. The smallest absolute Gasteiger partial charge is 0.407 e. The molecule has 42 nitrogen and oxygen atoms in total. The van der Waals surface area contributed by atoms with Crippen molar-refractivity contribution < 1.29 is 200 Å². The van der Waals surface area contributed by atoms with Crippen LogP contribution in [0.25, 0.3) is 0 Å². The van der Waals surface area contributed by atoms with Crippen LogP contribution in [0.1, 0.15) is 270 Å². The van der Waals surface area contributed by atoms with Crippen LogP contribution in [0.5, 0.6) is 0 Å². The minimum Gasteiger partial charge on any atom is -1.00 e. The molecule has 18 N–H and O–H groups in total. The highest BCUT2D eigenvalue weighted by Gasteiger charge is 2.41. The molecule has 126 heavy (non-hydrogen) atoms. The van der Waals surface area contributed by atoms with Gasteiger partial charge in [0.15, 0.2) is 35.7 Å². The van der Waals surface area contributed by atoms with Gasteiger partial charge < -0.3 is 146 Å². The molecule has 0 saturated heterocycles. The van der Waals surface area contributed by atoms with Crippen LogP contribution >= 0.6 is 12.4 Å². The SMILES string of the molecule is C.C.C.CC(C)(C)OC(=O)CCCN.CC(C)(C)OC(=O)CCCNC(=O)[C@H](O)[C@@H](O)C(=O)CCCNC(=O)OC(C)(C)C.CCC(=O)O.CCC(=O)O[C@@H](C(=O)CCCNC(=O)OC(C)(C)C)[C@@H](OC(=O)CC)C(=O)NCCCC(=O)OC(C)(C)C.CCC(=O)O[C@@H](C(=O)CCC[NH3+])[C@@H](OC(=O)CC)C(=O)NCC[NH3+].COC(=O)[C@H](O)[C@@H](O)C(=O)OC.Cl.[Cl-].[Cl-]. The van der Waals surface area contributed by atoms with Gasteiger partial charge in [0.25, 0.3) is 17.7 Å². The predicted octanol–water partition coefficient (Wildman–Crippen LogP) is -2.92. The molecular formula is C81H155Cl3N8O34. The number of rotatable bonds is 45. The molecule has 0 saturated carbocycles. The van der Waals surface area contributed by atoms with Gasteiger partial charge >= 0.3 is 71.9 Å². The second kappa shape index (κ2) is 78.5. The number of aliphatic hydroxyl groups excluding tert-OH is 4. The maximum Gasteiger partial charge on any atom is 0.407 e. The van der Waals surface area contributed by atoms with Gasteiger partial charge in [0.05, 0.1) is 33.9 Å². The van der Waals surface area contributed by atoms with Crippen molar-refractivity contribution in [2.45, 2.75) is 347 Å². The van der Waals surface area contributed by atoms with Crippen LogP contribution in [-0.4, -0.2) is 276 Å². The van der Waals surface area contributed by atoms with E-state index in [0.717, 1.165) is 14.2 Å². The number of aliphatic hydroxyl groups is 4. The van der Waals surface area contributed by atoms with Crippen LogP contribution in [0.15, 0.2) is 0 Å². The first kappa shape index (κ1) is 143. The van der Waals surface area contributed by atoms with Crippen LogP contribution in [0, 0.1) is 0 Å². The van der Waals surface area contributed by atoms with Crippen LogP contribution in [0.4, 0.5) is 9.59 Å². The topological polar surface area (TPSA) is 651 Å². The number of carboxylic acids is 1. The highest BCUT2D eigenvalue weighted by molar-refractivity contribution is 5.96. The van der Waals surface area contributed by atoms with Gasteiger partial charge in [-0.15, -0.1) is 12.4 Å². The Hall–Kier alpha value is -8.75. The van der Waals surface area contributed by atoms with Gasteiger partial charge in [0, 0.05) is 103 Å². The third kappa shape index (κ3) is 83.5. The number of carbonyl (C=O) groups is 18. The number of carboxylic acid groups (broad SMARTS) is 1. The van der Waals surface area contributed by atoms with Crippen molar-refractivity contribution in [3.63, 3.8) is 0 Å². The van der Waals surface area contributed by atoms with Gasteiger partial charge in [-0.3, -0.25) is 67.1 Å². The number of ketones is 3. The minimum atomic E-state index is -1.92. The van der Waals surface area contributed by atoms with Crippen LogP contribution in [0.3, 0.4) is 0 Å². The van der Waals surface area contributed by atoms with Crippen LogP contribution in [0.2, 0.25) is 0 Å². The van der Waals surface area contributed by atoms with Crippen molar-refractivity contribution in [1.29, 1.82) is 0 Å². The molecule has 0 aromatic rings. The number of methoxy groups -OCH3 is 2. The van der Waals surface area contributed by atoms with Gasteiger partial charge in [-0.1, -0.05) is 56.9 Å². The summed E-state index contributed by atoms with van der Waals surface area (Å²) in [7, 11) is 2.05. The molecule has 0 aromatic heterocycles. The Labute approximate surface area is 761 Å². The molecule has 8 atom stereocenters. The first-order valence-corrected chi connectivity index (χ1v) is 39.4. The van der Waals surface area contributed by atoms with Gasteiger partial charge in [-0.2, -0.15) is 0 Å². The molecule has 0 bridgehead atoms. The number of alkyl carbamates (subject to hydrolysis) is 2. The molecule has 0 spiro atoms. The lowest BCUT2D eigenvalue weighted by molar-refractivity contribution is -0.368. The van der Waals surface area contributed by atoms with E-state index >= 15 is 0 Å². The van der Waals surface area contributed by atoms with Crippen molar-refractivity contribution in [3.05, 3.63) is 0 Å². The molecule has 5 amide bonds. The zero-order chi connectivity index (χ0) is 94.5. The fourth-order valence-electron chi connectivity index (χ4n) is 7.91. The van der Waals surface area contributed by atoms with Gasteiger partial charge in [-0.25, -0.2) is 19.2 Å². The summed E-state index contributed by atoms with van der Waals surface area (Å²) in [6.07, 6.45) is -12.7. The number of nitrogens with two attached hydrogens (primary N) is 1. The summed E-state index contributed by atoms with van der Waals surface area (Å²) >= 11 is 0. The average molecular weight is 1890 g/mol. The minimum absolute atomic E-state index is 0. The molecule has 0 unspecified atom stereocenters. The number of halogens is 3. The number of Topliss-reactive ketones (excluding diaryl/α,β-unsaturated/α-hetero) is 3. The van der Waals surface area contributed by atoms with Gasteiger partial charge in [-0.05, 0) is 143 Å². The van der Waals surface area contributed by atoms with E-state index in [1.165, 1.54) is 13.8 Å². The third-order valence-corrected chi connectivity index (χ3v) is 13.5. The summed E-state index contributed by atoms with van der Waals surface area (Å²) in [4.78, 5) is 210. The quantitative estimate of drug-likeness (QED) is 0.0165. The second-order valence-electron chi connectivity index (χ2n) is 30.6. The number of esters is 9. The van der Waals surface area contributed by atoms with Crippen molar-refractivity contribution in [2.75, 3.05) is 66.6 Å². The standard InChI is InChI=1S/C26H44N2O10.C20H36N2O8.C15H27N3O6.C8H17NO2.C6H10O6.C3H6O2.3CH4.3ClH/c1-9-18(30)35-21(17(29)13-11-16-28-24(34)38-26(6,7)8)22(36-19(31)10-2)23(33)27-15-12-14-20(32)37-25(3,4)5;1-19(2,3)29-14(24)10-8-11-21-17(27)16(26)15(25)13(23)9-7-12-22-18(28)30-20(4,5)6;1-3-11(20)23-13(10(19)6-5-7-16)14(24-12(21)4-2)15(22)18-9-8-17;1-8(2,3)11-7(10)5-4-6-9;1-11-5(9)3(7)4(8)6(10)12-2;1-2-3(4)5;;;;;;/h21-22H,9-16H2,1-8H3,(H,27,33)(H,28,34);15-16,25-26H,7-12H2,1-6H3,(H,21,27)(H,22,28);13-14H,3-9,16-17H2,1-2H3,(H,18,22);4-6,9H2,1-3H3;3-4,7-8H,1-2H3;2H2,1H3,(H,4,5);3*1H4;3*1H/t21-,22+;15-,16+;13-,14+;;3-,4-;;;;;;;/m000.1......./s1. The monoisotopic (exact) mass is 1890 g/mol. The molecule has 0 radical (unpaired) electrons. The number of hydrogen-bond acceptors (Lipinski definition) is 34. The van der Waals surface area contributed by atoms with Crippen molar-refractivity contribution >= 4 is 119 Å². The number of ether oxygens (including phenoxy) is 11. The molecule has 744 valence electrons. The molecule has 0 aliphatic carbocycles. The van der Waals surface area contributed by atoms with Crippen molar-refractivity contribution in [2.24, 2.45) is 5.73 Å². The average Bonchev–Trinajstić information content (AvgIpc) is 0.848. The zero-order valence-corrected chi connectivity index (χ0v) is 77.9. The molecular weight excluding hydrogens is 1740 g/mol. The Morgan fingerprint density at radius 2 is 0.579 bits per heavy atom. The fourth-order valence-corrected chi connectivity index (χ4v) is 7.91. The van der Waals surface area contributed by atoms with Crippen molar-refractivity contribution in [3.8, 4) is 0 Å². The number of amides is 5. The Morgan fingerprint density at radius 1 is 0.325 bits per heavy atom. The maximum atomic E-state index is 13.0. The van der Waals surface area contributed by atoms with E-state index in [4.69, 9.17) is 63.7 Å². The molecule has 0 aliphatic heterocycles. The first-order chi connectivity index (χ1) is 55.3. The number of nitrogens with one attached hydrogen (secondary N) is 5. The molecule has 0 aromatic carbocycles. The van der Waals surface area contributed by atoms with Gasteiger partial charge in [0.1, 0.15) is 34.1 Å². The van der Waals surface area contributed by atoms with Crippen molar-refractivity contribution in [1.82, 2.24) is 26.6 Å². The van der Waals surface area contributed by atoms with E-state index in [1.54, 1.807) is 104 Å². The van der Waals surface area contributed by atoms with E-state index in [1.807, 2.05) is 20.8 Å². The Morgan fingerprint density at radius 3 is 0.841 bits per heavy atom. The Kier molecular flexibility index (Phi) is 89.1. The molecule has 0 rings (SSSR count). The number of hydrogen-bond donors (Lipinski definition) is 13. The van der Waals surface area contributed by atoms with E-state index in [9.17, 15) is 96.5 Å². The van der Waals surface area contributed by atoms with E-state index in [2.05, 4.69) is 47.5 Å². The summed E-state index contributed by atoms with van der Waals surface area (Å²) in [6.45, 7) is 36.1. The third-order valence-electron chi connectivity index (χ3n) is 13.5. The Bertz CT molecular complexity index is 2980. The lowest BCUT2D eigenvalue weighted by Crippen LogP contribution is -3.00. The largest absolute Gasteiger partial charge is 1.00 e. The van der Waals surface area contributed by atoms with Crippen LogP contribution in [-0.2, 0) is 129 Å². The maximum absolute atomic E-state index is 13.0. The van der Waals surface area contributed by atoms with E-state index in [0.29, 0.717) is 38.9 Å². The van der Waals surface area contributed by atoms with E-state index in [-0.39, 0.29) is 194 Å². The summed E-state index contributed by atoms with van der Waals surface area (Å²) in [5.74, 6) is -11.1. The summed E-state index contributed by atoms with van der Waals surface area (Å²) in [6, 6.07) is 0. The number of carbonyl (C=O) groups excluding carboxylic acids is 17. The lowest BCUT2D eigenvalue weighted by atomic mass is 10.0. The molecule has 0 heterocycles. The Balaban J connectivity index is -0.000000133. The second-order valence-corrected chi connectivity index (χ2v) is 30.6. The number of quaternary nitrogens is 2. The fraction of sp³-hybridized carbons (Fsp3) is 0.778. The first-order valence-electron chi connectivity index (χ1n) is 39.4. The van der Waals surface area contributed by atoms with E-state index < -0.39 is 172 Å². The molecule has 45 heteroatoms.